The van der Waals surface area contributed by atoms with Gasteiger partial charge in [-0.1, -0.05) is 11.6 Å². The van der Waals surface area contributed by atoms with Gasteiger partial charge in [-0.05, 0) is 30.7 Å². The Morgan fingerprint density at radius 1 is 1.31 bits per heavy atom. The van der Waals surface area contributed by atoms with Crippen molar-refractivity contribution >= 4 is 22.6 Å². The molecule has 1 aromatic carbocycles. The summed E-state index contributed by atoms with van der Waals surface area (Å²) < 4.78 is 4.98. The van der Waals surface area contributed by atoms with Gasteiger partial charge in [-0.25, -0.2) is 4.79 Å². The molecule has 0 N–H and O–H groups in total. The number of hydrogen-bond donors (Lipinski definition) is 0. The Morgan fingerprint density at radius 2 is 2.08 bits per heavy atom. The molecule has 1 aromatic heterocycles. The number of halogens is 1. The lowest BCUT2D eigenvalue weighted by Gasteiger charge is -1.99. The summed E-state index contributed by atoms with van der Waals surface area (Å²) in [4.78, 5) is 11.0. The zero-order chi connectivity index (χ0) is 9.42. The molecule has 66 valence electrons. The zero-order valence-corrected chi connectivity index (χ0v) is 7.76. The first-order valence-corrected chi connectivity index (χ1v) is 4.24. The van der Waals surface area contributed by atoms with Gasteiger partial charge in [0.2, 0.25) is 0 Å². The van der Waals surface area contributed by atoms with Gasteiger partial charge >= 0.3 is 5.63 Å². The molecule has 0 bridgehead atoms. The predicted octanol–water partition coefficient (Wildman–Crippen LogP) is 2.75. The topological polar surface area (TPSA) is 30.2 Å². The fraction of sp³-hybridized carbons (Fsp3) is 0.100. The van der Waals surface area contributed by atoms with Gasteiger partial charge in [0.15, 0.2) is 0 Å². The van der Waals surface area contributed by atoms with E-state index < -0.39 is 0 Å². The maximum atomic E-state index is 11.0. The Morgan fingerprint density at radius 3 is 2.85 bits per heavy atom. The van der Waals surface area contributed by atoms with Gasteiger partial charge < -0.3 is 4.42 Å². The van der Waals surface area contributed by atoms with E-state index in [1.165, 1.54) is 6.07 Å². The highest BCUT2D eigenvalue weighted by atomic mass is 35.5. The number of hydrogen-bond acceptors (Lipinski definition) is 2. The highest BCUT2D eigenvalue weighted by Gasteiger charge is 2.01. The Balaban J connectivity index is 2.95. The molecule has 3 heteroatoms. The smallest absolute Gasteiger partial charge is 0.336 e. The molecule has 0 aliphatic heterocycles. The SMILES string of the molecule is Cc1cc(=O)oc2ccc(Cl)cc12. The van der Waals surface area contributed by atoms with Crippen molar-refractivity contribution in [2.24, 2.45) is 0 Å². The first kappa shape index (κ1) is 8.32. The van der Waals surface area contributed by atoms with Crippen LogP contribution in [0.4, 0.5) is 0 Å². The molecule has 0 aliphatic carbocycles. The minimum Gasteiger partial charge on any atom is -0.423 e. The molecule has 0 amide bonds. The summed E-state index contributed by atoms with van der Waals surface area (Å²) in [6.45, 7) is 1.86. The van der Waals surface area contributed by atoms with Crippen molar-refractivity contribution in [1.82, 2.24) is 0 Å². The lowest BCUT2D eigenvalue weighted by molar-refractivity contribution is 0.560. The average Bonchev–Trinajstić information content (AvgIpc) is 2.06. The second kappa shape index (κ2) is 2.89. The minimum atomic E-state index is -0.327. The van der Waals surface area contributed by atoms with Crippen LogP contribution in [0.5, 0.6) is 0 Å². The normalized spacial score (nSPS) is 10.6. The average molecular weight is 195 g/mol. The minimum absolute atomic E-state index is 0.327. The van der Waals surface area contributed by atoms with Crippen molar-refractivity contribution in [3.63, 3.8) is 0 Å². The first-order chi connectivity index (χ1) is 6.16. The summed E-state index contributed by atoms with van der Waals surface area (Å²) in [5.74, 6) is 0. The molecule has 0 atom stereocenters. The van der Waals surface area contributed by atoms with E-state index in [1.807, 2.05) is 6.92 Å². The highest BCUT2D eigenvalue weighted by Crippen LogP contribution is 2.20. The Kier molecular flexibility index (Phi) is 1.85. The standard InChI is InChI=1S/C10H7ClO2/c1-6-4-10(12)13-9-3-2-7(11)5-8(6)9/h2-5H,1H3. The van der Waals surface area contributed by atoms with E-state index in [4.69, 9.17) is 16.0 Å². The van der Waals surface area contributed by atoms with E-state index in [9.17, 15) is 4.79 Å². The zero-order valence-electron chi connectivity index (χ0n) is 7.00. The van der Waals surface area contributed by atoms with Crippen LogP contribution in [0.25, 0.3) is 11.0 Å². The lowest BCUT2D eigenvalue weighted by atomic mass is 10.1. The first-order valence-electron chi connectivity index (χ1n) is 3.87. The van der Waals surface area contributed by atoms with E-state index in [-0.39, 0.29) is 5.63 Å². The van der Waals surface area contributed by atoms with Crippen LogP contribution in [0, 0.1) is 6.92 Å². The molecule has 2 rings (SSSR count). The van der Waals surface area contributed by atoms with Crippen molar-refractivity contribution in [3.05, 3.63) is 45.3 Å². The van der Waals surface area contributed by atoms with Gasteiger partial charge in [0, 0.05) is 16.5 Å². The Labute approximate surface area is 79.7 Å². The molecule has 0 fully saturated rings. The predicted molar refractivity (Wildman–Crippen MR) is 52.2 cm³/mol. The van der Waals surface area contributed by atoms with Crippen LogP contribution in [0.2, 0.25) is 5.02 Å². The Bertz CT molecular complexity index is 514. The number of rotatable bonds is 0. The summed E-state index contributed by atoms with van der Waals surface area (Å²) in [7, 11) is 0. The fourth-order valence-corrected chi connectivity index (χ4v) is 1.46. The third-order valence-electron chi connectivity index (χ3n) is 1.91. The fourth-order valence-electron chi connectivity index (χ4n) is 1.29. The summed E-state index contributed by atoms with van der Waals surface area (Å²) in [5.41, 5.74) is 1.13. The number of benzene rings is 1. The van der Waals surface area contributed by atoms with Gasteiger partial charge in [0.25, 0.3) is 0 Å². The summed E-state index contributed by atoms with van der Waals surface area (Å²) in [5, 5.41) is 1.52. The summed E-state index contributed by atoms with van der Waals surface area (Å²) in [6.07, 6.45) is 0. The molecular formula is C10H7ClO2. The molecular weight excluding hydrogens is 188 g/mol. The third-order valence-corrected chi connectivity index (χ3v) is 2.15. The van der Waals surface area contributed by atoms with Gasteiger partial charge in [-0.15, -0.1) is 0 Å². The molecule has 0 saturated heterocycles. The van der Waals surface area contributed by atoms with E-state index in [2.05, 4.69) is 0 Å². The molecule has 0 spiro atoms. The van der Waals surface area contributed by atoms with Crippen molar-refractivity contribution < 1.29 is 4.42 Å². The third kappa shape index (κ3) is 1.45. The maximum absolute atomic E-state index is 11.0. The Hall–Kier alpha value is -1.28. The second-order valence-corrected chi connectivity index (χ2v) is 3.33. The van der Waals surface area contributed by atoms with Crippen LogP contribution in [0.15, 0.2) is 33.5 Å². The molecule has 1 heterocycles. The highest BCUT2D eigenvalue weighted by molar-refractivity contribution is 6.31. The summed E-state index contributed by atoms with van der Waals surface area (Å²) in [6, 6.07) is 6.64. The van der Waals surface area contributed by atoms with Gasteiger partial charge in [0.05, 0.1) is 0 Å². The van der Waals surface area contributed by atoms with Crippen LogP contribution in [0.3, 0.4) is 0 Å². The largest absolute Gasteiger partial charge is 0.423 e. The lowest BCUT2D eigenvalue weighted by Crippen LogP contribution is -1.97. The monoisotopic (exact) mass is 194 g/mol. The molecule has 0 saturated carbocycles. The maximum Gasteiger partial charge on any atom is 0.336 e. The van der Waals surface area contributed by atoms with Crippen LogP contribution >= 0.6 is 11.6 Å². The number of fused-ring (bicyclic) bond motifs is 1. The van der Waals surface area contributed by atoms with E-state index in [1.54, 1.807) is 18.2 Å². The van der Waals surface area contributed by atoms with Gasteiger partial charge in [0.1, 0.15) is 5.58 Å². The molecule has 2 aromatic rings. The van der Waals surface area contributed by atoms with E-state index >= 15 is 0 Å². The van der Waals surface area contributed by atoms with Crippen molar-refractivity contribution in [3.8, 4) is 0 Å². The quantitative estimate of drug-likeness (QED) is 0.604. The van der Waals surface area contributed by atoms with Gasteiger partial charge in [-0.3, -0.25) is 0 Å². The molecule has 0 unspecified atom stereocenters. The van der Waals surface area contributed by atoms with Crippen molar-refractivity contribution in [1.29, 1.82) is 0 Å². The van der Waals surface area contributed by atoms with Crippen LogP contribution < -0.4 is 5.63 Å². The van der Waals surface area contributed by atoms with E-state index in [0.717, 1.165) is 10.9 Å². The molecule has 0 radical (unpaired) electrons. The van der Waals surface area contributed by atoms with E-state index in [0.29, 0.717) is 10.6 Å². The summed E-state index contributed by atoms with van der Waals surface area (Å²) >= 11 is 5.81. The molecule has 2 nitrogen and oxygen atoms in total. The van der Waals surface area contributed by atoms with Gasteiger partial charge in [-0.2, -0.15) is 0 Å². The van der Waals surface area contributed by atoms with Crippen LogP contribution in [-0.4, -0.2) is 0 Å². The van der Waals surface area contributed by atoms with Crippen LogP contribution in [-0.2, 0) is 0 Å². The van der Waals surface area contributed by atoms with Crippen molar-refractivity contribution in [2.75, 3.05) is 0 Å². The number of aryl methyl sites for hydroxylation is 1. The molecule has 13 heavy (non-hydrogen) atoms. The van der Waals surface area contributed by atoms with Crippen molar-refractivity contribution in [2.45, 2.75) is 6.92 Å². The molecule has 0 aliphatic rings. The second-order valence-electron chi connectivity index (χ2n) is 2.89. The van der Waals surface area contributed by atoms with Crippen LogP contribution in [0.1, 0.15) is 5.56 Å².